The van der Waals surface area contributed by atoms with Crippen LogP contribution in [0.15, 0.2) is 18.3 Å². The van der Waals surface area contributed by atoms with Gasteiger partial charge in [-0.05, 0) is 38.3 Å². The molecule has 3 heteroatoms. The molecule has 1 aromatic rings. The second kappa shape index (κ2) is 5.41. The lowest BCUT2D eigenvalue weighted by Gasteiger charge is -2.28. The van der Waals surface area contributed by atoms with E-state index in [0.717, 1.165) is 31.7 Å². The lowest BCUT2D eigenvalue weighted by Crippen LogP contribution is -2.37. The van der Waals surface area contributed by atoms with Crippen LogP contribution in [0, 0.1) is 6.92 Å². The minimum Gasteiger partial charge on any atom is -0.378 e. The zero-order chi connectivity index (χ0) is 11.4. The van der Waals surface area contributed by atoms with Gasteiger partial charge in [-0.2, -0.15) is 0 Å². The molecule has 1 N–H and O–H groups in total. The average molecular weight is 220 g/mol. The fourth-order valence-corrected chi connectivity index (χ4v) is 2.13. The maximum absolute atomic E-state index is 5.53. The van der Waals surface area contributed by atoms with Gasteiger partial charge in [0.25, 0.3) is 0 Å². The summed E-state index contributed by atoms with van der Waals surface area (Å²) >= 11 is 0. The molecule has 0 saturated carbocycles. The molecule has 0 amide bonds. The van der Waals surface area contributed by atoms with E-state index in [0.29, 0.717) is 12.1 Å². The van der Waals surface area contributed by atoms with Crippen LogP contribution in [0.4, 0.5) is 0 Å². The number of hydrogen-bond donors (Lipinski definition) is 1. The van der Waals surface area contributed by atoms with Crippen LogP contribution >= 0.6 is 0 Å². The molecule has 2 atom stereocenters. The quantitative estimate of drug-likeness (QED) is 0.846. The number of ether oxygens (including phenoxy) is 1. The van der Waals surface area contributed by atoms with Crippen LogP contribution in [0.5, 0.6) is 0 Å². The number of nitrogens with one attached hydrogen (secondary N) is 1. The maximum atomic E-state index is 5.53. The molecule has 2 heterocycles. The molecule has 0 spiro atoms. The van der Waals surface area contributed by atoms with Crippen LogP contribution in [0.1, 0.15) is 31.0 Å². The van der Waals surface area contributed by atoms with E-state index < -0.39 is 0 Å². The zero-order valence-electron chi connectivity index (χ0n) is 10.1. The highest BCUT2D eigenvalue weighted by Crippen LogP contribution is 2.14. The standard InChI is InChI=1S/C13H20N2O/c1-10-4-3-6-14-13(10)9-15-12-5-7-16-11(2)8-12/h3-4,6,11-12,15H,5,7-9H2,1-2H3. The maximum Gasteiger partial charge on any atom is 0.0570 e. The first-order valence-electron chi connectivity index (χ1n) is 6.01. The van der Waals surface area contributed by atoms with Gasteiger partial charge in [-0.15, -0.1) is 0 Å². The molecule has 0 radical (unpaired) electrons. The molecule has 1 aliphatic heterocycles. The Morgan fingerprint density at radius 2 is 2.44 bits per heavy atom. The molecule has 0 aliphatic carbocycles. The minimum atomic E-state index is 0.385. The molecule has 0 aromatic carbocycles. The number of aryl methyl sites for hydroxylation is 1. The summed E-state index contributed by atoms with van der Waals surface area (Å²) in [5.74, 6) is 0. The van der Waals surface area contributed by atoms with Crippen molar-refractivity contribution in [3.8, 4) is 0 Å². The molecular formula is C13H20N2O. The first-order valence-corrected chi connectivity index (χ1v) is 6.01. The largest absolute Gasteiger partial charge is 0.378 e. The topological polar surface area (TPSA) is 34.2 Å². The third-order valence-corrected chi connectivity index (χ3v) is 3.16. The molecule has 2 unspecified atom stereocenters. The van der Waals surface area contributed by atoms with Gasteiger partial charge >= 0.3 is 0 Å². The number of hydrogen-bond acceptors (Lipinski definition) is 3. The Hall–Kier alpha value is -0.930. The Balaban J connectivity index is 1.85. The zero-order valence-corrected chi connectivity index (χ0v) is 10.1. The summed E-state index contributed by atoms with van der Waals surface area (Å²) in [5, 5.41) is 3.57. The number of aromatic nitrogens is 1. The van der Waals surface area contributed by atoms with Crippen molar-refractivity contribution in [2.45, 2.75) is 45.4 Å². The smallest absolute Gasteiger partial charge is 0.0570 e. The lowest BCUT2D eigenvalue weighted by atomic mass is 10.0. The fraction of sp³-hybridized carbons (Fsp3) is 0.615. The highest BCUT2D eigenvalue weighted by Gasteiger charge is 2.18. The lowest BCUT2D eigenvalue weighted by molar-refractivity contribution is 0.0130. The highest BCUT2D eigenvalue weighted by molar-refractivity contribution is 5.17. The molecule has 3 nitrogen and oxygen atoms in total. The minimum absolute atomic E-state index is 0.385. The van der Waals surface area contributed by atoms with Gasteiger partial charge in [-0.25, -0.2) is 0 Å². The Kier molecular flexibility index (Phi) is 3.91. The molecule has 88 valence electrons. The van der Waals surface area contributed by atoms with E-state index in [-0.39, 0.29) is 0 Å². The van der Waals surface area contributed by atoms with Gasteiger partial charge in [0.15, 0.2) is 0 Å². The van der Waals surface area contributed by atoms with Crippen molar-refractivity contribution in [2.75, 3.05) is 6.61 Å². The van der Waals surface area contributed by atoms with Gasteiger partial charge in [0.2, 0.25) is 0 Å². The van der Waals surface area contributed by atoms with Gasteiger partial charge < -0.3 is 10.1 Å². The predicted molar refractivity (Wildman–Crippen MR) is 64.2 cm³/mol. The van der Waals surface area contributed by atoms with E-state index in [1.807, 2.05) is 12.3 Å². The Morgan fingerprint density at radius 1 is 1.56 bits per heavy atom. The van der Waals surface area contributed by atoms with Crippen LogP contribution in [0.25, 0.3) is 0 Å². The molecule has 1 aromatic heterocycles. The van der Waals surface area contributed by atoms with Crippen LogP contribution in [-0.2, 0) is 11.3 Å². The first kappa shape index (κ1) is 11.6. The van der Waals surface area contributed by atoms with Crippen molar-refractivity contribution in [2.24, 2.45) is 0 Å². The van der Waals surface area contributed by atoms with Crippen LogP contribution in [0.2, 0.25) is 0 Å². The first-order chi connectivity index (χ1) is 7.75. The Labute approximate surface area is 97.2 Å². The summed E-state index contributed by atoms with van der Waals surface area (Å²) in [6.07, 6.45) is 4.45. The van der Waals surface area contributed by atoms with Crippen molar-refractivity contribution >= 4 is 0 Å². The van der Waals surface area contributed by atoms with E-state index in [9.17, 15) is 0 Å². The third-order valence-electron chi connectivity index (χ3n) is 3.16. The summed E-state index contributed by atoms with van der Waals surface area (Å²) in [6, 6.07) is 4.66. The fourth-order valence-electron chi connectivity index (χ4n) is 2.13. The van der Waals surface area contributed by atoms with Crippen molar-refractivity contribution < 1.29 is 4.74 Å². The number of nitrogens with zero attached hydrogens (tertiary/aromatic N) is 1. The van der Waals surface area contributed by atoms with Gasteiger partial charge in [-0.1, -0.05) is 6.07 Å². The van der Waals surface area contributed by atoms with E-state index in [1.54, 1.807) is 0 Å². The van der Waals surface area contributed by atoms with E-state index >= 15 is 0 Å². The predicted octanol–water partition coefficient (Wildman–Crippen LogP) is 2.05. The normalized spacial score (nSPS) is 25.6. The second-order valence-electron chi connectivity index (χ2n) is 4.55. The SMILES string of the molecule is Cc1cccnc1CNC1CCOC(C)C1. The Morgan fingerprint density at radius 3 is 3.19 bits per heavy atom. The van der Waals surface area contributed by atoms with Crippen molar-refractivity contribution in [3.63, 3.8) is 0 Å². The average Bonchev–Trinajstić information content (AvgIpc) is 2.28. The third kappa shape index (κ3) is 3.03. The molecule has 1 aliphatic rings. The molecule has 0 bridgehead atoms. The van der Waals surface area contributed by atoms with Crippen LogP contribution < -0.4 is 5.32 Å². The van der Waals surface area contributed by atoms with Crippen molar-refractivity contribution in [1.29, 1.82) is 0 Å². The van der Waals surface area contributed by atoms with Gasteiger partial charge in [0.1, 0.15) is 0 Å². The summed E-state index contributed by atoms with van der Waals surface area (Å²) in [7, 11) is 0. The van der Waals surface area contributed by atoms with E-state index in [4.69, 9.17) is 4.74 Å². The monoisotopic (exact) mass is 220 g/mol. The molecule has 1 saturated heterocycles. The number of pyridine rings is 1. The Bertz CT molecular complexity index is 340. The van der Waals surface area contributed by atoms with Crippen molar-refractivity contribution in [3.05, 3.63) is 29.6 Å². The molecule has 2 rings (SSSR count). The van der Waals surface area contributed by atoms with Crippen LogP contribution in [0.3, 0.4) is 0 Å². The van der Waals surface area contributed by atoms with Crippen LogP contribution in [-0.4, -0.2) is 23.7 Å². The highest BCUT2D eigenvalue weighted by atomic mass is 16.5. The molecular weight excluding hydrogens is 200 g/mol. The molecule has 16 heavy (non-hydrogen) atoms. The summed E-state index contributed by atoms with van der Waals surface area (Å²) in [4.78, 5) is 4.39. The second-order valence-corrected chi connectivity index (χ2v) is 4.55. The van der Waals surface area contributed by atoms with Gasteiger partial charge in [0, 0.05) is 25.4 Å². The summed E-state index contributed by atoms with van der Waals surface area (Å²) < 4.78 is 5.53. The summed E-state index contributed by atoms with van der Waals surface area (Å²) in [5.41, 5.74) is 2.41. The van der Waals surface area contributed by atoms with Gasteiger partial charge in [0.05, 0.1) is 11.8 Å². The van der Waals surface area contributed by atoms with E-state index in [2.05, 4.69) is 30.2 Å². The van der Waals surface area contributed by atoms with E-state index in [1.165, 1.54) is 5.56 Å². The number of rotatable bonds is 3. The van der Waals surface area contributed by atoms with Crippen molar-refractivity contribution in [1.82, 2.24) is 10.3 Å². The van der Waals surface area contributed by atoms with Gasteiger partial charge in [-0.3, -0.25) is 4.98 Å². The molecule has 1 fully saturated rings. The summed E-state index contributed by atoms with van der Waals surface area (Å²) in [6.45, 7) is 5.99.